The highest BCUT2D eigenvalue weighted by molar-refractivity contribution is 6.30. The summed E-state index contributed by atoms with van der Waals surface area (Å²) in [4.78, 5) is 90.7. The summed E-state index contributed by atoms with van der Waals surface area (Å²) in [6.07, 6.45) is 7.44. The smallest absolute Gasteiger partial charge is 0.266 e. The number of aliphatic hydroxyl groups excluding tert-OH is 1. The van der Waals surface area contributed by atoms with Crippen molar-refractivity contribution in [3.8, 4) is 5.75 Å². The van der Waals surface area contributed by atoms with Crippen molar-refractivity contribution in [1.82, 2.24) is 35.7 Å². The number of rotatable bonds is 18. The number of ether oxygens (including phenoxy) is 1. The maximum Gasteiger partial charge on any atom is 0.266 e. The summed E-state index contributed by atoms with van der Waals surface area (Å²) in [5, 5.41) is 19.6. The second-order valence-electron chi connectivity index (χ2n) is 16.2. The summed E-state index contributed by atoms with van der Waals surface area (Å²) in [7, 11) is 0. The largest absolute Gasteiger partial charge is 0.483 e. The number of hydrogen-bond donors (Lipinski definition) is 4. The van der Waals surface area contributed by atoms with E-state index in [1.165, 1.54) is 18.5 Å². The number of benzene rings is 2. The lowest BCUT2D eigenvalue weighted by Gasteiger charge is -2.38. The number of carbonyl (C=O) groups excluding carboxylic acids is 6. The number of aliphatic hydroxyl groups is 1. The van der Waals surface area contributed by atoms with Crippen LogP contribution in [0.15, 0.2) is 48.8 Å². The zero-order valence-corrected chi connectivity index (χ0v) is 35.1. The van der Waals surface area contributed by atoms with Gasteiger partial charge in [0.05, 0.1) is 28.8 Å². The highest BCUT2D eigenvalue weighted by Gasteiger charge is 2.46. The average molecular weight is 857 g/mol. The molecular weight excluding hydrogens is 804 g/mol. The molecule has 61 heavy (non-hydrogen) atoms. The molecule has 0 bridgehead atoms. The molecule has 1 aromatic heterocycles. The van der Waals surface area contributed by atoms with E-state index in [-0.39, 0.29) is 60.0 Å². The molecule has 16 nitrogen and oxygen atoms in total. The zero-order valence-electron chi connectivity index (χ0n) is 34.4. The third-order valence-electron chi connectivity index (χ3n) is 12.0. The number of carbonyl (C=O) groups is 6. The van der Waals surface area contributed by atoms with E-state index in [9.17, 15) is 33.9 Å². The first-order valence-electron chi connectivity index (χ1n) is 21.3. The SMILES string of the molecule is C[C@@H]1C[C@@H](O)c2ncnc(N3CCN(C(=O)C(CNCCCCCCCCNC(=O)COc4cccc5c4C(=O)N(C4CCC(=O)NC4=O)C5=O)c4ccc(Cl)cc4)CC3)c21. The van der Waals surface area contributed by atoms with Gasteiger partial charge in [0.1, 0.15) is 23.9 Å². The van der Waals surface area contributed by atoms with Gasteiger partial charge in [-0.3, -0.25) is 39.0 Å². The van der Waals surface area contributed by atoms with Crippen LogP contribution < -0.4 is 25.6 Å². The van der Waals surface area contributed by atoms with Crippen LogP contribution in [0.2, 0.25) is 5.02 Å². The predicted octanol–water partition coefficient (Wildman–Crippen LogP) is 3.63. The minimum absolute atomic E-state index is 0.000569. The molecule has 17 heteroatoms. The van der Waals surface area contributed by atoms with Gasteiger partial charge in [0.15, 0.2) is 6.61 Å². The van der Waals surface area contributed by atoms with Crippen LogP contribution in [-0.4, -0.2) is 119 Å². The normalized spacial score (nSPS) is 20.4. The molecule has 1 aliphatic carbocycles. The third-order valence-corrected chi connectivity index (χ3v) is 12.2. The van der Waals surface area contributed by atoms with Gasteiger partial charge < -0.3 is 30.3 Å². The number of unbranched alkanes of at least 4 members (excludes halogenated alkanes) is 5. The molecule has 2 saturated heterocycles. The van der Waals surface area contributed by atoms with Crippen molar-refractivity contribution in [2.24, 2.45) is 0 Å². The number of piperidine rings is 1. The summed E-state index contributed by atoms with van der Waals surface area (Å²) in [5.74, 6) is -1.99. The summed E-state index contributed by atoms with van der Waals surface area (Å²) >= 11 is 6.19. The topological polar surface area (TPSA) is 203 Å². The second-order valence-corrected chi connectivity index (χ2v) is 16.6. The summed E-state index contributed by atoms with van der Waals surface area (Å²) in [6.45, 7) is 5.97. The zero-order chi connectivity index (χ0) is 43.0. The van der Waals surface area contributed by atoms with Crippen molar-refractivity contribution in [1.29, 1.82) is 0 Å². The minimum atomic E-state index is -1.09. The number of amides is 6. The predicted molar refractivity (Wildman–Crippen MR) is 225 cm³/mol. The maximum absolute atomic E-state index is 14.0. The Morgan fingerprint density at radius 3 is 2.39 bits per heavy atom. The van der Waals surface area contributed by atoms with Gasteiger partial charge in [-0.25, -0.2) is 9.97 Å². The summed E-state index contributed by atoms with van der Waals surface area (Å²) in [5.41, 5.74) is 2.74. The standard InChI is InChI=1S/C44H53ClN8O8/c1-27-23-33(54)39-37(27)40(49-26-48-39)51-19-21-52(22-20-51)42(58)31(28-11-13-29(45)14-12-28)24-46-17-6-4-2-3-5-7-18-47-36(56)25-61-34-10-8-9-30-38(34)44(60)53(43(30)59)32-15-16-35(55)50-41(32)57/h8-14,26-27,31-33,46,54H,2-7,15-25H2,1H3,(H,47,56)(H,50,55,57)/t27-,31?,32?,33-/m1/s1. The van der Waals surface area contributed by atoms with Gasteiger partial charge in [0, 0.05) is 56.3 Å². The fraction of sp³-hybridized carbons (Fsp3) is 0.500. The lowest BCUT2D eigenvalue weighted by atomic mass is 9.96. The quantitative estimate of drug-likeness (QED) is 0.107. The highest BCUT2D eigenvalue weighted by Crippen LogP contribution is 2.43. The van der Waals surface area contributed by atoms with E-state index >= 15 is 0 Å². The van der Waals surface area contributed by atoms with Crippen molar-refractivity contribution in [2.45, 2.75) is 88.7 Å². The van der Waals surface area contributed by atoms with Crippen LogP contribution in [0.5, 0.6) is 5.75 Å². The van der Waals surface area contributed by atoms with Crippen LogP contribution in [0, 0.1) is 0 Å². The van der Waals surface area contributed by atoms with E-state index in [1.807, 2.05) is 29.2 Å². The fourth-order valence-corrected chi connectivity index (χ4v) is 8.84. The Morgan fingerprint density at radius 2 is 1.66 bits per heavy atom. The lowest BCUT2D eigenvalue weighted by molar-refractivity contribution is -0.136. The Hall–Kier alpha value is -5.45. The first-order valence-corrected chi connectivity index (χ1v) is 21.7. The summed E-state index contributed by atoms with van der Waals surface area (Å²) < 4.78 is 5.67. The Kier molecular flexibility index (Phi) is 14.3. The number of halogens is 1. The Labute approximate surface area is 359 Å². The van der Waals surface area contributed by atoms with Crippen molar-refractivity contribution in [3.63, 3.8) is 0 Å². The number of piperazine rings is 1. The van der Waals surface area contributed by atoms with Gasteiger partial charge in [-0.2, -0.15) is 0 Å². The molecule has 2 fully saturated rings. The van der Waals surface area contributed by atoms with Gasteiger partial charge in [-0.05, 0) is 68.0 Å². The van der Waals surface area contributed by atoms with Crippen LogP contribution in [-0.2, 0) is 19.2 Å². The summed E-state index contributed by atoms with van der Waals surface area (Å²) in [6, 6.07) is 10.9. The Balaban J connectivity index is 0.779. The van der Waals surface area contributed by atoms with Crippen LogP contribution in [0.1, 0.15) is 120 Å². The third kappa shape index (κ3) is 10.0. The van der Waals surface area contributed by atoms with Gasteiger partial charge in [0.25, 0.3) is 17.7 Å². The highest BCUT2D eigenvalue weighted by atomic mass is 35.5. The number of nitrogens with one attached hydrogen (secondary N) is 3. The average Bonchev–Trinajstić information content (AvgIpc) is 3.70. The molecule has 2 unspecified atom stereocenters. The number of hydrogen-bond acceptors (Lipinski definition) is 12. The number of imide groups is 2. The van der Waals surface area contributed by atoms with E-state index in [0.717, 1.165) is 72.6 Å². The molecule has 2 aromatic carbocycles. The van der Waals surface area contributed by atoms with Gasteiger partial charge >= 0.3 is 0 Å². The van der Waals surface area contributed by atoms with Crippen LogP contribution in [0.3, 0.4) is 0 Å². The molecule has 0 saturated carbocycles. The first kappa shape index (κ1) is 43.6. The van der Waals surface area contributed by atoms with Crippen molar-refractivity contribution < 1.29 is 38.6 Å². The molecular formula is C44H53ClN8O8. The van der Waals surface area contributed by atoms with Crippen LogP contribution in [0.4, 0.5) is 5.82 Å². The first-order chi connectivity index (χ1) is 29.5. The van der Waals surface area contributed by atoms with Gasteiger partial charge in [-0.15, -0.1) is 0 Å². The molecule has 3 aliphatic heterocycles. The van der Waals surface area contributed by atoms with E-state index in [4.69, 9.17) is 16.3 Å². The number of fused-ring (bicyclic) bond motifs is 2. The number of nitrogens with zero attached hydrogens (tertiary/aromatic N) is 5. The molecule has 4 aliphatic rings. The van der Waals surface area contributed by atoms with Crippen molar-refractivity contribution in [2.75, 3.05) is 57.3 Å². The van der Waals surface area contributed by atoms with E-state index in [2.05, 4.69) is 37.7 Å². The van der Waals surface area contributed by atoms with Crippen LogP contribution >= 0.6 is 11.6 Å². The van der Waals surface area contributed by atoms with Crippen LogP contribution in [0.25, 0.3) is 0 Å². The fourth-order valence-electron chi connectivity index (χ4n) is 8.71. The van der Waals surface area contributed by atoms with Gasteiger partial charge in [0.2, 0.25) is 17.7 Å². The second kappa shape index (κ2) is 19.9. The van der Waals surface area contributed by atoms with E-state index in [1.54, 1.807) is 6.07 Å². The van der Waals surface area contributed by atoms with Gasteiger partial charge in [-0.1, -0.05) is 62.4 Å². The maximum atomic E-state index is 14.0. The number of anilines is 1. The van der Waals surface area contributed by atoms with Crippen molar-refractivity contribution >= 4 is 52.9 Å². The number of aromatic nitrogens is 2. The monoisotopic (exact) mass is 856 g/mol. The Morgan fingerprint density at radius 1 is 0.934 bits per heavy atom. The van der Waals surface area contributed by atoms with E-state index < -0.39 is 35.8 Å². The molecule has 324 valence electrons. The van der Waals surface area contributed by atoms with E-state index in [0.29, 0.717) is 50.7 Å². The molecule has 0 spiro atoms. The lowest BCUT2D eigenvalue weighted by Crippen LogP contribution is -2.54. The molecule has 4 heterocycles. The molecule has 3 aromatic rings. The van der Waals surface area contributed by atoms with Crippen molar-refractivity contribution in [3.05, 3.63) is 81.8 Å². The minimum Gasteiger partial charge on any atom is -0.483 e. The molecule has 4 atom stereocenters. The molecule has 0 radical (unpaired) electrons. The molecule has 7 rings (SSSR count). The molecule has 6 amide bonds. The molecule has 4 N–H and O–H groups in total. The Bertz CT molecular complexity index is 2130.